The van der Waals surface area contributed by atoms with Gasteiger partial charge in [0.15, 0.2) is 10.8 Å². The molecule has 0 saturated heterocycles. The summed E-state index contributed by atoms with van der Waals surface area (Å²) in [6.07, 6.45) is 0.422. The molecule has 0 bridgehead atoms. The molecule has 3 heterocycles. The molecule has 7 heteroatoms. The predicted molar refractivity (Wildman–Crippen MR) is 94.5 cm³/mol. The predicted octanol–water partition coefficient (Wildman–Crippen LogP) is 2.77. The number of aryl methyl sites for hydroxylation is 1. The molecule has 1 aliphatic rings. The summed E-state index contributed by atoms with van der Waals surface area (Å²) in [5, 5.41) is 2.30. The van der Waals surface area contributed by atoms with Crippen LogP contribution in [0, 0.1) is 6.92 Å². The highest BCUT2D eigenvalue weighted by atomic mass is 32.1. The van der Waals surface area contributed by atoms with Crippen LogP contribution >= 0.6 is 11.3 Å². The van der Waals surface area contributed by atoms with E-state index < -0.39 is 11.9 Å². The van der Waals surface area contributed by atoms with Gasteiger partial charge in [-0.25, -0.2) is 4.98 Å². The summed E-state index contributed by atoms with van der Waals surface area (Å²) < 4.78 is 5.55. The number of primary amides is 1. The SMILES string of the molecule is Cc1ccc(-c2nc(C(=O)N3c4ccccc4CC3C(N)=O)cs2)o1. The quantitative estimate of drug-likeness (QED) is 0.784. The van der Waals surface area contributed by atoms with Crippen LogP contribution in [0.5, 0.6) is 0 Å². The van der Waals surface area contributed by atoms with Gasteiger partial charge < -0.3 is 10.2 Å². The molecule has 0 radical (unpaired) electrons. The average molecular weight is 353 g/mol. The number of nitrogens with zero attached hydrogens (tertiary/aromatic N) is 2. The van der Waals surface area contributed by atoms with Crippen molar-refractivity contribution in [2.24, 2.45) is 5.73 Å². The van der Waals surface area contributed by atoms with Crippen LogP contribution in [0.25, 0.3) is 10.8 Å². The number of hydrogen-bond donors (Lipinski definition) is 1. The van der Waals surface area contributed by atoms with E-state index in [1.165, 1.54) is 16.2 Å². The summed E-state index contributed by atoms with van der Waals surface area (Å²) in [5.74, 6) is 0.538. The van der Waals surface area contributed by atoms with E-state index in [2.05, 4.69) is 4.98 Å². The number of rotatable bonds is 3. The third kappa shape index (κ3) is 2.62. The number of furan rings is 1. The second-order valence-electron chi connectivity index (χ2n) is 5.87. The van der Waals surface area contributed by atoms with E-state index in [4.69, 9.17) is 10.2 Å². The Labute approximate surface area is 147 Å². The van der Waals surface area contributed by atoms with Crippen LogP contribution in [0.2, 0.25) is 0 Å². The number of nitrogens with two attached hydrogens (primary N) is 1. The molecule has 2 amide bonds. The molecule has 4 rings (SSSR count). The van der Waals surface area contributed by atoms with Gasteiger partial charge in [0, 0.05) is 17.5 Å². The number of hydrogen-bond acceptors (Lipinski definition) is 5. The minimum Gasteiger partial charge on any atom is -0.459 e. The zero-order chi connectivity index (χ0) is 17.6. The topological polar surface area (TPSA) is 89.4 Å². The van der Waals surface area contributed by atoms with E-state index in [0.29, 0.717) is 22.9 Å². The molecule has 6 nitrogen and oxygen atoms in total. The van der Waals surface area contributed by atoms with Crippen molar-refractivity contribution in [3.8, 4) is 10.8 Å². The molecule has 1 aliphatic heterocycles. The van der Waals surface area contributed by atoms with Crippen LogP contribution < -0.4 is 10.6 Å². The van der Waals surface area contributed by atoms with E-state index in [0.717, 1.165) is 11.3 Å². The van der Waals surface area contributed by atoms with Crippen molar-refractivity contribution in [1.82, 2.24) is 4.98 Å². The van der Waals surface area contributed by atoms with Gasteiger partial charge >= 0.3 is 0 Å². The zero-order valence-electron chi connectivity index (χ0n) is 13.4. The number of para-hydroxylation sites is 1. The molecule has 1 aromatic carbocycles. The Kier molecular flexibility index (Phi) is 3.65. The molecule has 25 heavy (non-hydrogen) atoms. The first-order chi connectivity index (χ1) is 12.0. The van der Waals surface area contributed by atoms with Crippen molar-refractivity contribution in [3.63, 3.8) is 0 Å². The summed E-state index contributed by atoms with van der Waals surface area (Å²) in [7, 11) is 0. The summed E-state index contributed by atoms with van der Waals surface area (Å²) in [6.45, 7) is 1.85. The Balaban J connectivity index is 1.70. The fraction of sp³-hybridized carbons (Fsp3) is 0.167. The van der Waals surface area contributed by atoms with Crippen molar-refractivity contribution < 1.29 is 14.0 Å². The second kappa shape index (κ2) is 5.86. The van der Waals surface area contributed by atoms with Gasteiger partial charge in [0.25, 0.3) is 5.91 Å². The lowest BCUT2D eigenvalue weighted by Gasteiger charge is -2.22. The van der Waals surface area contributed by atoms with E-state index in [9.17, 15) is 9.59 Å². The molecular weight excluding hydrogens is 338 g/mol. The number of carbonyl (C=O) groups excluding carboxylic acids is 2. The Morgan fingerprint density at radius 1 is 1.28 bits per heavy atom. The normalized spacial score (nSPS) is 16.0. The second-order valence-corrected chi connectivity index (χ2v) is 6.73. The van der Waals surface area contributed by atoms with E-state index in [1.54, 1.807) is 5.38 Å². The lowest BCUT2D eigenvalue weighted by molar-refractivity contribution is -0.119. The van der Waals surface area contributed by atoms with Crippen LogP contribution in [0.3, 0.4) is 0 Å². The summed E-state index contributed by atoms with van der Waals surface area (Å²) in [6, 6.07) is 10.4. The Morgan fingerprint density at radius 2 is 2.08 bits per heavy atom. The van der Waals surface area contributed by atoms with Gasteiger partial charge in [-0.15, -0.1) is 11.3 Å². The molecule has 0 saturated carbocycles. The van der Waals surface area contributed by atoms with Gasteiger partial charge in [0.1, 0.15) is 17.5 Å². The highest BCUT2D eigenvalue weighted by Crippen LogP contribution is 2.34. The number of carbonyl (C=O) groups is 2. The summed E-state index contributed by atoms with van der Waals surface area (Å²) in [4.78, 5) is 30.7. The van der Waals surface area contributed by atoms with E-state index in [1.807, 2.05) is 43.3 Å². The van der Waals surface area contributed by atoms with Crippen molar-refractivity contribution in [2.45, 2.75) is 19.4 Å². The molecule has 1 atom stereocenters. The molecule has 1 unspecified atom stereocenters. The smallest absolute Gasteiger partial charge is 0.278 e. The van der Waals surface area contributed by atoms with E-state index in [-0.39, 0.29) is 11.6 Å². The molecule has 126 valence electrons. The first-order valence-corrected chi connectivity index (χ1v) is 8.65. The van der Waals surface area contributed by atoms with Gasteiger partial charge in [0.05, 0.1) is 0 Å². The standard InChI is InChI=1S/C18H15N3O3S/c1-10-6-7-15(24-10)17-20-12(9-25-17)18(23)21-13-5-3-2-4-11(13)8-14(21)16(19)22/h2-7,9,14H,8H2,1H3,(H2,19,22). The molecular formula is C18H15N3O3S. The molecule has 2 aromatic heterocycles. The first kappa shape index (κ1) is 15.6. The maximum atomic E-state index is 13.0. The number of amides is 2. The number of thiazole rings is 1. The first-order valence-electron chi connectivity index (χ1n) is 7.77. The van der Waals surface area contributed by atoms with Crippen LogP contribution in [0.15, 0.2) is 46.2 Å². The fourth-order valence-electron chi connectivity index (χ4n) is 3.02. The van der Waals surface area contributed by atoms with Crippen LogP contribution in [-0.2, 0) is 11.2 Å². The average Bonchev–Trinajstić information content (AvgIpc) is 3.31. The molecule has 0 fully saturated rings. The molecule has 3 aromatic rings. The van der Waals surface area contributed by atoms with Crippen molar-refractivity contribution in [1.29, 1.82) is 0 Å². The van der Waals surface area contributed by atoms with Gasteiger partial charge in [-0.05, 0) is 30.7 Å². The van der Waals surface area contributed by atoms with Gasteiger partial charge in [-0.3, -0.25) is 14.5 Å². The van der Waals surface area contributed by atoms with Crippen molar-refractivity contribution in [3.05, 3.63) is 58.8 Å². The number of fused-ring (bicyclic) bond motifs is 1. The minimum absolute atomic E-state index is 0.275. The lowest BCUT2D eigenvalue weighted by atomic mass is 10.1. The summed E-state index contributed by atoms with van der Waals surface area (Å²) in [5.41, 5.74) is 7.43. The van der Waals surface area contributed by atoms with Gasteiger partial charge in [-0.2, -0.15) is 0 Å². The van der Waals surface area contributed by atoms with Crippen molar-refractivity contribution >= 4 is 28.8 Å². The van der Waals surface area contributed by atoms with Gasteiger partial charge in [-0.1, -0.05) is 18.2 Å². The maximum absolute atomic E-state index is 13.0. The Bertz CT molecular complexity index is 975. The van der Waals surface area contributed by atoms with Gasteiger partial charge in [0.2, 0.25) is 5.91 Å². The zero-order valence-corrected chi connectivity index (χ0v) is 14.2. The van der Waals surface area contributed by atoms with Crippen LogP contribution in [0.1, 0.15) is 21.8 Å². The Hall–Kier alpha value is -2.93. The summed E-state index contributed by atoms with van der Waals surface area (Å²) >= 11 is 1.33. The van der Waals surface area contributed by atoms with Crippen molar-refractivity contribution in [2.75, 3.05) is 4.90 Å². The fourth-order valence-corrected chi connectivity index (χ4v) is 3.78. The minimum atomic E-state index is -0.694. The Morgan fingerprint density at radius 3 is 2.80 bits per heavy atom. The highest BCUT2D eigenvalue weighted by Gasteiger charge is 2.38. The molecule has 0 aliphatic carbocycles. The maximum Gasteiger partial charge on any atom is 0.278 e. The number of anilines is 1. The van der Waals surface area contributed by atoms with Crippen LogP contribution in [-0.4, -0.2) is 22.8 Å². The molecule has 2 N–H and O–H groups in total. The third-order valence-electron chi connectivity index (χ3n) is 4.20. The largest absolute Gasteiger partial charge is 0.459 e. The highest BCUT2D eigenvalue weighted by molar-refractivity contribution is 7.13. The lowest BCUT2D eigenvalue weighted by Crippen LogP contribution is -2.46. The third-order valence-corrected chi connectivity index (χ3v) is 5.05. The van der Waals surface area contributed by atoms with Crippen LogP contribution in [0.4, 0.5) is 5.69 Å². The number of aromatic nitrogens is 1. The number of benzene rings is 1. The molecule has 0 spiro atoms. The monoisotopic (exact) mass is 353 g/mol. The van der Waals surface area contributed by atoms with E-state index >= 15 is 0 Å².